The van der Waals surface area contributed by atoms with Crippen LogP contribution in [0, 0.1) is 5.82 Å². The summed E-state index contributed by atoms with van der Waals surface area (Å²) in [7, 11) is 0. The number of benzene rings is 1. The Morgan fingerprint density at radius 3 is 2.67 bits per heavy atom. The quantitative estimate of drug-likeness (QED) is 0.705. The van der Waals surface area contributed by atoms with Crippen molar-refractivity contribution in [3.63, 3.8) is 0 Å². The first-order valence-electron chi connectivity index (χ1n) is 7.23. The maximum atomic E-state index is 13.7. The molecule has 0 unspecified atom stereocenters. The summed E-state index contributed by atoms with van der Waals surface area (Å²) in [6, 6.07) is 3.00. The Labute approximate surface area is 134 Å². The Balaban J connectivity index is 2.30. The van der Waals surface area contributed by atoms with Crippen LogP contribution >= 0.6 is 23.2 Å². The van der Waals surface area contributed by atoms with E-state index in [4.69, 9.17) is 23.2 Å². The van der Waals surface area contributed by atoms with Crippen molar-refractivity contribution < 1.29 is 4.39 Å². The summed E-state index contributed by atoms with van der Waals surface area (Å²) in [4.78, 5) is 6.80. The van der Waals surface area contributed by atoms with Crippen LogP contribution in [-0.4, -0.2) is 34.1 Å². The number of likely N-dealkylation sites (N-methyl/N-ethyl adjacent to an activating group) is 1. The molecule has 0 radical (unpaired) electrons. The van der Waals surface area contributed by atoms with Crippen LogP contribution in [0.5, 0.6) is 0 Å². The van der Waals surface area contributed by atoms with E-state index in [1.165, 1.54) is 6.07 Å². The highest BCUT2D eigenvalue weighted by atomic mass is 35.5. The van der Waals surface area contributed by atoms with Crippen LogP contribution in [0.1, 0.15) is 26.1 Å². The highest BCUT2D eigenvalue weighted by Crippen LogP contribution is 2.24. The van der Waals surface area contributed by atoms with Crippen LogP contribution < -0.4 is 0 Å². The van der Waals surface area contributed by atoms with Gasteiger partial charge in [-0.25, -0.2) is 9.37 Å². The molecule has 1 aromatic carbocycles. The van der Waals surface area contributed by atoms with Gasteiger partial charge in [0.25, 0.3) is 0 Å². The fourth-order valence-electron chi connectivity index (χ4n) is 2.51. The van der Waals surface area contributed by atoms with Crippen molar-refractivity contribution in [2.24, 2.45) is 0 Å². The number of imidazole rings is 1. The van der Waals surface area contributed by atoms with Crippen LogP contribution in [0.4, 0.5) is 4.39 Å². The molecule has 3 nitrogen and oxygen atoms in total. The third kappa shape index (κ3) is 3.68. The molecule has 0 spiro atoms. The van der Waals surface area contributed by atoms with Gasteiger partial charge in [-0.05, 0) is 25.6 Å². The van der Waals surface area contributed by atoms with Crippen molar-refractivity contribution in [2.45, 2.75) is 32.7 Å². The largest absolute Gasteiger partial charge is 0.326 e. The first-order valence-corrected chi connectivity index (χ1v) is 8.14. The highest BCUT2D eigenvalue weighted by Gasteiger charge is 2.13. The predicted molar refractivity (Wildman–Crippen MR) is 86.7 cm³/mol. The summed E-state index contributed by atoms with van der Waals surface area (Å²) in [5, 5.41) is 0.0921. The molecule has 0 saturated carbocycles. The summed E-state index contributed by atoms with van der Waals surface area (Å²) < 4.78 is 15.7. The van der Waals surface area contributed by atoms with Gasteiger partial charge >= 0.3 is 0 Å². The molecular formula is C15H20Cl2FN3. The fraction of sp³-hybridized carbons (Fsp3) is 0.533. The number of hydrogen-bond acceptors (Lipinski definition) is 2. The summed E-state index contributed by atoms with van der Waals surface area (Å²) in [6.07, 6.45) is 1.12. The van der Waals surface area contributed by atoms with Crippen LogP contribution in [0.2, 0.25) is 5.02 Å². The molecule has 2 rings (SSSR count). The van der Waals surface area contributed by atoms with Crippen molar-refractivity contribution in [2.75, 3.05) is 19.6 Å². The second-order valence-electron chi connectivity index (χ2n) is 5.00. The van der Waals surface area contributed by atoms with Gasteiger partial charge in [-0.15, -0.1) is 11.6 Å². The number of rotatable bonds is 7. The van der Waals surface area contributed by atoms with E-state index in [9.17, 15) is 4.39 Å². The van der Waals surface area contributed by atoms with E-state index in [0.717, 1.165) is 43.9 Å². The van der Waals surface area contributed by atoms with Gasteiger partial charge in [0.1, 0.15) is 11.6 Å². The van der Waals surface area contributed by atoms with E-state index in [2.05, 4.69) is 23.7 Å². The van der Waals surface area contributed by atoms with Gasteiger partial charge in [-0.3, -0.25) is 0 Å². The van der Waals surface area contributed by atoms with Crippen molar-refractivity contribution in [3.05, 3.63) is 28.8 Å². The molecule has 0 aliphatic rings. The highest BCUT2D eigenvalue weighted by molar-refractivity contribution is 6.31. The Kier molecular flexibility index (Phi) is 5.85. The average molecular weight is 332 g/mol. The zero-order valence-electron chi connectivity index (χ0n) is 12.4. The zero-order chi connectivity index (χ0) is 15.4. The third-order valence-electron chi connectivity index (χ3n) is 3.62. The molecule has 0 bridgehead atoms. The minimum atomic E-state index is -0.424. The second kappa shape index (κ2) is 7.43. The molecule has 0 amide bonds. The summed E-state index contributed by atoms with van der Waals surface area (Å²) in [5.74, 6) is 0.626. The number of fused-ring (bicyclic) bond motifs is 1. The van der Waals surface area contributed by atoms with Gasteiger partial charge in [-0.2, -0.15) is 0 Å². The van der Waals surface area contributed by atoms with Crippen molar-refractivity contribution in [3.8, 4) is 0 Å². The SMILES string of the molecule is CCCN(CC)CCn1c(CCl)nc2cc(Cl)c(F)cc21. The number of alkyl halides is 1. The van der Waals surface area contributed by atoms with E-state index in [-0.39, 0.29) is 5.02 Å². The monoisotopic (exact) mass is 331 g/mol. The molecule has 0 aliphatic heterocycles. The second-order valence-corrected chi connectivity index (χ2v) is 5.68. The number of aromatic nitrogens is 2. The van der Waals surface area contributed by atoms with Crippen molar-refractivity contribution >= 4 is 34.2 Å². The Hall–Kier alpha value is -0.840. The summed E-state index contributed by atoms with van der Waals surface area (Å²) in [6.45, 7) is 7.99. The van der Waals surface area contributed by atoms with E-state index in [1.807, 2.05) is 4.57 Å². The lowest BCUT2D eigenvalue weighted by Crippen LogP contribution is -2.28. The lowest BCUT2D eigenvalue weighted by atomic mass is 10.3. The fourth-order valence-corrected chi connectivity index (χ4v) is 2.87. The lowest BCUT2D eigenvalue weighted by molar-refractivity contribution is 0.277. The molecule has 116 valence electrons. The molecule has 0 fully saturated rings. The first kappa shape index (κ1) is 16.5. The maximum Gasteiger partial charge on any atom is 0.144 e. The topological polar surface area (TPSA) is 21.1 Å². The van der Waals surface area contributed by atoms with Gasteiger partial charge in [-0.1, -0.05) is 25.4 Å². The normalized spacial score (nSPS) is 11.7. The minimum Gasteiger partial charge on any atom is -0.326 e. The lowest BCUT2D eigenvalue weighted by Gasteiger charge is -2.20. The van der Waals surface area contributed by atoms with Gasteiger partial charge < -0.3 is 9.47 Å². The van der Waals surface area contributed by atoms with E-state index in [1.54, 1.807) is 6.07 Å². The maximum absolute atomic E-state index is 13.7. The minimum absolute atomic E-state index is 0.0921. The molecule has 0 aliphatic carbocycles. The summed E-state index contributed by atoms with van der Waals surface area (Å²) in [5.41, 5.74) is 1.44. The molecule has 0 atom stereocenters. The van der Waals surface area contributed by atoms with Crippen LogP contribution in [0.25, 0.3) is 11.0 Å². The molecular weight excluding hydrogens is 312 g/mol. The van der Waals surface area contributed by atoms with Crippen molar-refractivity contribution in [1.82, 2.24) is 14.5 Å². The summed E-state index contributed by atoms with van der Waals surface area (Å²) >= 11 is 11.8. The first-order chi connectivity index (χ1) is 10.1. The Bertz CT molecular complexity index is 612. The number of nitrogens with zero attached hydrogens (tertiary/aromatic N) is 3. The molecule has 0 N–H and O–H groups in total. The molecule has 2 aromatic rings. The number of halogens is 3. The van der Waals surface area contributed by atoms with Gasteiger partial charge in [0, 0.05) is 19.2 Å². The van der Waals surface area contributed by atoms with E-state index in [0.29, 0.717) is 11.4 Å². The predicted octanol–water partition coefficient (Wildman–Crippen LogP) is 4.30. The average Bonchev–Trinajstić information content (AvgIpc) is 2.81. The van der Waals surface area contributed by atoms with Gasteiger partial charge in [0.05, 0.1) is 21.9 Å². The van der Waals surface area contributed by atoms with Crippen LogP contribution in [-0.2, 0) is 12.4 Å². The van der Waals surface area contributed by atoms with Crippen molar-refractivity contribution in [1.29, 1.82) is 0 Å². The van der Waals surface area contributed by atoms with Crippen LogP contribution in [0.15, 0.2) is 12.1 Å². The van der Waals surface area contributed by atoms with Gasteiger partial charge in [0.15, 0.2) is 0 Å². The molecule has 0 saturated heterocycles. The van der Waals surface area contributed by atoms with Crippen LogP contribution in [0.3, 0.4) is 0 Å². The molecule has 21 heavy (non-hydrogen) atoms. The number of hydrogen-bond donors (Lipinski definition) is 0. The smallest absolute Gasteiger partial charge is 0.144 e. The Morgan fingerprint density at radius 2 is 2.05 bits per heavy atom. The zero-order valence-corrected chi connectivity index (χ0v) is 13.9. The van der Waals surface area contributed by atoms with Gasteiger partial charge in [0.2, 0.25) is 0 Å². The molecule has 6 heteroatoms. The standard InChI is InChI=1S/C15H20Cl2FN3/c1-3-5-20(4-2)6-7-21-14-9-12(18)11(17)8-13(14)19-15(21)10-16/h8-9H,3-7,10H2,1-2H3. The van der Waals surface area contributed by atoms with E-state index < -0.39 is 5.82 Å². The molecule has 1 aromatic heterocycles. The molecule has 1 heterocycles. The third-order valence-corrected chi connectivity index (χ3v) is 4.14. The Morgan fingerprint density at radius 1 is 1.29 bits per heavy atom. The van der Waals surface area contributed by atoms with E-state index >= 15 is 0 Å².